The highest BCUT2D eigenvalue weighted by molar-refractivity contribution is 5.66. The first-order valence-electron chi connectivity index (χ1n) is 6.46. The molecule has 5 N–H and O–H groups in total. The summed E-state index contributed by atoms with van der Waals surface area (Å²) in [4.78, 5) is 20.4. The Balaban J connectivity index is 0. The largest absolute Gasteiger partial charge is 0.544 e. The fraction of sp³-hybridized carbons (Fsp3) is 0.833. The highest BCUT2D eigenvalue weighted by Gasteiger charge is 2.42. The Labute approximate surface area is 124 Å². The maximum Gasteiger partial charge on any atom is 0.302 e. The van der Waals surface area contributed by atoms with Crippen LogP contribution in [0.4, 0.5) is 0 Å². The molecular formula is C12H26N2O7. The Bertz CT molecular complexity index is 297. The summed E-state index contributed by atoms with van der Waals surface area (Å²) >= 11 is 0. The predicted molar refractivity (Wildman–Crippen MR) is 70.9 cm³/mol. The van der Waals surface area contributed by atoms with Gasteiger partial charge in [0.25, 0.3) is 0 Å². The summed E-state index contributed by atoms with van der Waals surface area (Å²) in [6, 6.07) is 0. The number of ether oxygens (including phenoxy) is 1. The fourth-order valence-electron chi connectivity index (χ4n) is 1.76. The third-order valence-electron chi connectivity index (χ3n) is 2.91. The summed E-state index contributed by atoms with van der Waals surface area (Å²) in [7, 11) is 0. The molecule has 0 aromatic rings. The normalized spacial score (nSPS) is 17.5. The minimum Gasteiger partial charge on any atom is -0.544 e. The van der Waals surface area contributed by atoms with Crippen molar-refractivity contribution in [2.45, 2.75) is 46.4 Å². The zero-order chi connectivity index (χ0) is 17.2. The number of nitrogens with two attached hydrogens (primary N) is 1. The Morgan fingerprint density at radius 2 is 1.52 bits per heavy atom. The third kappa shape index (κ3) is 7.93. The molecule has 0 radical (unpaired) electrons. The van der Waals surface area contributed by atoms with Crippen molar-refractivity contribution >= 4 is 11.9 Å². The number of nitrogens with zero attached hydrogens (tertiary/aromatic N) is 1. The van der Waals surface area contributed by atoms with E-state index in [1.165, 1.54) is 27.7 Å². The molecule has 3 atom stereocenters. The third-order valence-corrected chi connectivity index (χ3v) is 2.91. The van der Waals surface area contributed by atoms with Gasteiger partial charge in [-0.2, -0.15) is 0 Å². The minimum atomic E-state index is -1.44. The van der Waals surface area contributed by atoms with Gasteiger partial charge in [0.2, 0.25) is 0 Å². The lowest BCUT2D eigenvalue weighted by Gasteiger charge is -2.45. The van der Waals surface area contributed by atoms with Gasteiger partial charge in [0.05, 0.1) is 5.97 Å². The van der Waals surface area contributed by atoms with E-state index in [2.05, 4.69) is 4.74 Å². The van der Waals surface area contributed by atoms with Gasteiger partial charge in [-0.3, -0.25) is 4.79 Å². The number of hydrogen-bond donors (Lipinski definition) is 4. The molecule has 0 saturated heterocycles. The average Bonchev–Trinajstić information content (AvgIpc) is 2.32. The van der Waals surface area contributed by atoms with E-state index < -0.39 is 35.7 Å². The number of quaternary nitrogens is 1. The summed E-state index contributed by atoms with van der Waals surface area (Å²) < 4.78 is 3.68. The second-order valence-electron chi connectivity index (χ2n) is 4.55. The van der Waals surface area contributed by atoms with E-state index in [-0.39, 0.29) is 5.97 Å². The van der Waals surface area contributed by atoms with Crippen LogP contribution in [0.15, 0.2) is 0 Å². The summed E-state index contributed by atoms with van der Waals surface area (Å²) in [5, 5.41) is 38.7. The summed E-state index contributed by atoms with van der Waals surface area (Å²) in [5.41, 5.74) is 5.00. The number of rotatable bonds is 7. The monoisotopic (exact) mass is 310 g/mol. The van der Waals surface area contributed by atoms with Crippen LogP contribution in [0.2, 0.25) is 0 Å². The molecule has 126 valence electrons. The van der Waals surface area contributed by atoms with Crippen LogP contribution in [0.5, 0.6) is 0 Å². The molecule has 0 saturated carbocycles. The number of carboxylic acids is 1. The Morgan fingerprint density at radius 3 is 1.62 bits per heavy atom. The molecule has 0 aliphatic heterocycles. The standard InChI is InChI=1S/C8H17NO5.C4H9NO2/c1-5(10)9(6(2)11,7(3)12)4-8(13)14;1-4(6)7-3-2-5/h5-7,10-12H,4H2,1-3H3;2-3,5H2,1H3. The van der Waals surface area contributed by atoms with Crippen LogP contribution in [0, 0.1) is 0 Å². The number of hydrogen-bond acceptors (Lipinski definition) is 8. The number of carbonyl (C=O) groups is 2. The van der Waals surface area contributed by atoms with Gasteiger partial charge in [-0.05, 0) is 0 Å². The van der Waals surface area contributed by atoms with E-state index in [4.69, 9.17) is 5.73 Å². The van der Waals surface area contributed by atoms with Crippen molar-refractivity contribution < 1.29 is 39.2 Å². The first-order chi connectivity index (χ1) is 9.52. The molecule has 0 spiro atoms. The van der Waals surface area contributed by atoms with Gasteiger partial charge >= 0.3 is 5.97 Å². The van der Waals surface area contributed by atoms with Gasteiger partial charge < -0.3 is 35.7 Å². The Hall–Kier alpha value is -1.26. The smallest absolute Gasteiger partial charge is 0.302 e. The molecule has 0 aromatic heterocycles. The van der Waals surface area contributed by atoms with E-state index in [1.54, 1.807) is 0 Å². The second kappa shape index (κ2) is 10.5. The Morgan fingerprint density at radius 1 is 1.14 bits per heavy atom. The van der Waals surface area contributed by atoms with Crippen LogP contribution in [0.1, 0.15) is 27.7 Å². The van der Waals surface area contributed by atoms with Gasteiger partial charge in [-0.1, -0.05) is 0 Å². The Kier molecular flexibility index (Phi) is 11.0. The van der Waals surface area contributed by atoms with Crippen molar-refractivity contribution in [3.63, 3.8) is 0 Å². The molecular weight excluding hydrogens is 284 g/mol. The number of aliphatic hydroxyl groups is 3. The summed E-state index contributed by atoms with van der Waals surface area (Å²) in [6.45, 7) is 5.37. The maximum atomic E-state index is 10.5. The number of esters is 1. The zero-order valence-corrected chi connectivity index (χ0v) is 12.9. The molecule has 0 heterocycles. The van der Waals surface area contributed by atoms with E-state index in [0.717, 1.165) is 0 Å². The van der Waals surface area contributed by atoms with E-state index in [1.807, 2.05) is 0 Å². The summed E-state index contributed by atoms with van der Waals surface area (Å²) in [5.74, 6) is -1.71. The molecule has 3 unspecified atom stereocenters. The van der Waals surface area contributed by atoms with E-state index in [0.29, 0.717) is 13.2 Å². The van der Waals surface area contributed by atoms with E-state index >= 15 is 0 Å². The molecule has 9 nitrogen and oxygen atoms in total. The lowest BCUT2D eigenvalue weighted by atomic mass is 10.2. The fourth-order valence-corrected chi connectivity index (χ4v) is 1.76. The van der Waals surface area contributed by atoms with Crippen molar-refractivity contribution in [3.05, 3.63) is 0 Å². The maximum absolute atomic E-state index is 10.5. The number of carboxylic acid groups (broad SMARTS) is 1. The van der Waals surface area contributed by atoms with Crippen LogP contribution >= 0.6 is 0 Å². The molecule has 0 bridgehead atoms. The molecule has 0 aliphatic carbocycles. The minimum absolute atomic E-state index is 0.273. The zero-order valence-electron chi connectivity index (χ0n) is 12.9. The van der Waals surface area contributed by atoms with Gasteiger partial charge in [0.15, 0.2) is 18.7 Å². The number of aliphatic hydroxyl groups excluding tert-OH is 3. The van der Waals surface area contributed by atoms with Crippen LogP contribution in [0.25, 0.3) is 0 Å². The first kappa shape index (κ1) is 22.0. The molecule has 0 amide bonds. The quantitative estimate of drug-likeness (QED) is 0.221. The molecule has 0 rings (SSSR count). The van der Waals surface area contributed by atoms with Crippen LogP contribution in [-0.4, -0.2) is 70.1 Å². The SMILES string of the molecule is CC(=O)OCCN.CC(O)[N+](CC(=O)[O-])(C(C)O)C(C)O. The second-order valence-corrected chi connectivity index (χ2v) is 4.55. The number of aliphatic carboxylic acids is 1. The van der Waals surface area contributed by atoms with Crippen molar-refractivity contribution in [2.24, 2.45) is 5.73 Å². The molecule has 0 aliphatic rings. The highest BCUT2D eigenvalue weighted by atomic mass is 16.5. The average molecular weight is 310 g/mol. The van der Waals surface area contributed by atoms with Crippen LogP contribution in [0.3, 0.4) is 0 Å². The van der Waals surface area contributed by atoms with Gasteiger partial charge in [0.1, 0.15) is 13.2 Å². The topological polar surface area (TPSA) is 153 Å². The van der Waals surface area contributed by atoms with Crippen molar-refractivity contribution in [3.8, 4) is 0 Å². The predicted octanol–water partition coefficient (Wildman–Crippen LogP) is -2.92. The molecule has 21 heavy (non-hydrogen) atoms. The van der Waals surface area contributed by atoms with Crippen molar-refractivity contribution in [1.82, 2.24) is 0 Å². The van der Waals surface area contributed by atoms with Crippen molar-refractivity contribution in [1.29, 1.82) is 0 Å². The lowest BCUT2D eigenvalue weighted by Crippen LogP contribution is -2.67. The number of carbonyl (C=O) groups excluding carboxylic acids is 2. The first-order valence-corrected chi connectivity index (χ1v) is 6.46. The van der Waals surface area contributed by atoms with Gasteiger partial charge in [-0.25, -0.2) is 4.48 Å². The van der Waals surface area contributed by atoms with Crippen LogP contribution in [-0.2, 0) is 14.3 Å². The highest BCUT2D eigenvalue weighted by Crippen LogP contribution is 2.20. The van der Waals surface area contributed by atoms with Gasteiger partial charge in [-0.15, -0.1) is 0 Å². The van der Waals surface area contributed by atoms with Gasteiger partial charge in [0, 0.05) is 34.2 Å². The lowest BCUT2D eigenvalue weighted by molar-refractivity contribution is -1.04. The van der Waals surface area contributed by atoms with Crippen LogP contribution < -0.4 is 10.8 Å². The van der Waals surface area contributed by atoms with Crippen molar-refractivity contribution in [2.75, 3.05) is 19.7 Å². The summed E-state index contributed by atoms with van der Waals surface area (Å²) in [6.07, 6.45) is -3.60. The van der Waals surface area contributed by atoms with E-state index in [9.17, 15) is 30.0 Å². The molecule has 0 fully saturated rings. The molecule has 0 aromatic carbocycles. The molecule has 9 heteroatoms.